The van der Waals surface area contributed by atoms with Crippen LogP contribution in [0.2, 0.25) is 0 Å². The van der Waals surface area contributed by atoms with Crippen molar-refractivity contribution in [3.05, 3.63) is 18.4 Å². The lowest BCUT2D eigenvalue weighted by atomic mass is 9.85. The second kappa shape index (κ2) is 16.9. The van der Waals surface area contributed by atoms with Crippen LogP contribution in [0.25, 0.3) is 0 Å². The van der Waals surface area contributed by atoms with Crippen molar-refractivity contribution < 1.29 is 0 Å². The first-order valence-corrected chi connectivity index (χ1v) is 11.2. The molecule has 1 atom stereocenters. The molecule has 25 heavy (non-hydrogen) atoms. The van der Waals surface area contributed by atoms with E-state index in [9.17, 15) is 0 Å². The van der Waals surface area contributed by atoms with E-state index < -0.39 is 0 Å². The van der Waals surface area contributed by atoms with Gasteiger partial charge in [-0.15, -0.1) is 5.73 Å². The molecule has 0 aromatic heterocycles. The molecule has 0 amide bonds. The van der Waals surface area contributed by atoms with Gasteiger partial charge in [0.05, 0.1) is 0 Å². The molecule has 0 saturated carbocycles. The smallest absolute Gasteiger partial charge is 0.00761 e. The molecular formula is C24H47N. The fraction of sp³-hybridized carbons (Fsp3) is 0.875. The molecule has 0 N–H and O–H groups in total. The molecule has 0 aliphatic rings. The van der Waals surface area contributed by atoms with Gasteiger partial charge < -0.3 is 4.90 Å². The molecule has 0 spiro atoms. The molecule has 0 aromatic rings. The van der Waals surface area contributed by atoms with Crippen molar-refractivity contribution in [1.29, 1.82) is 0 Å². The highest BCUT2D eigenvalue weighted by molar-refractivity contribution is 4.96. The Morgan fingerprint density at radius 2 is 1.32 bits per heavy atom. The maximum atomic E-state index is 3.81. The highest BCUT2D eigenvalue weighted by atomic mass is 15.1. The van der Waals surface area contributed by atoms with Crippen molar-refractivity contribution in [3.8, 4) is 0 Å². The SMILES string of the molecule is C=C=CC(C)(CCC)CN(CCC)CCCCCCCCCCCC. The summed E-state index contributed by atoms with van der Waals surface area (Å²) in [5.74, 6) is 0. The molecule has 0 fully saturated rings. The molecule has 1 nitrogen and oxygen atoms in total. The Morgan fingerprint density at radius 3 is 1.80 bits per heavy atom. The van der Waals surface area contributed by atoms with E-state index in [1.54, 1.807) is 0 Å². The van der Waals surface area contributed by atoms with Gasteiger partial charge in [-0.2, -0.15) is 0 Å². The monoisotopic (exact) mass is 349 g/mol. The summed E-state index contributed by atoms with van der Waals surface area (Å²) in [5.41, 5.74) is 3.29. The first kappa shape index (κ1) is 24.5. The van der Waals surface area contributed by atoms with Crippen LogP contribution in [0, 0.1) is 5.41 Å². The summed E-state index contributed by atoms with van der Waals surface area (Å²) in [5, 5.41) is 0. The molecule has 0 bridgehead atoms. The number of nitrogens with zero attached hydrogens (tertiary/aromatic N) is 1. The zero-order chi connectivity index (χ0) is 18.8. The van der Waals surface area contributed by atoms with Crippen molar-refractivity contribution in [3.63, 3.8) is 0 Å². The largest absolute Gasteiger partial charge is 0.302 e. The summed E-state index contributed by atoms with van der Waals surface area (Å²) in [4.78, 5) is 2.67. The van der Waals surface area contributed by atoms with Crippen LogP contribution in [-0.4, -0.2) is 24.5 Å². The summed E-state index contributed by atoms with van der Waals surface area (Å²) in [6, 6.07) is 0. The van der Waals surface area contributed by atoms with Gasteiger partial charge in [-0.3, -0.25) is 0 Å². The van der Waals surface area contributed by atoms with Gasteiger partial charge in [0.25, 0.3) is 0 Å². The molecule has 0 heterocycles. The molecule has 0 aromatic carbocycles. The second-order valence-electron chi connectivity index (χ2n) is 8.21. The zero-order valence-corrected chi connectivity index (χ0v) is 18.0. The van der Waals surface area contributed by atoms with E-state index in [0.717, 1.165) is 6.54 Å². The Hall–Kier alpha value is -0.520. The molecule has 1 heteroatoms. The second-order valence-corrected chi connectivity index (χ2v) is 8.21. The third-order valence-electron chi connectivity index (χ3n) is 5.22. The van der Waals surface area contributed by atoms with Crippen molar-refractivity contribution >= 4 is 0 Å². The molecular weight excluding hydrogens is 302 g/mol. The highest BCUT2D eigenvalue weighted by Gasteiger charge is 2.23. The maximum Gasteiger partial charge on any atom is 0.00761 e. The lowest BCUT2D eigenvalue weighted by molar-refractivity contribution is 0.186. The van der Waals surface area contributed by atoms with E-state index in [2.05, 4.69) is 51.0 Å². The van der Waals surface area contributed by atoms with E-state index in [4.69, 9.17) is 0 Å². The Labute approximate surface area is 160 Å². The van der Waals surface area contributed by atoms with Crippen LogP contribution in [0.4, 0.5) is 0 Å². The van der Waals surface area contributed by atoms with Gasteiger partial charge in [-0.25, -0.2) is 0 Å². The predicted octanol–water partition coefficient (Wildman–Crippen LogP) is 7.77. The Morgan fingerprint density at radius 1 is 0.760 bits per heavy atom. The van der Waals surface area contributed by atoms with E-state index >= 15 is 0 Å². The predicted molar refractivity (Wildman–Crippen MR) is 115 cm³/mol. The third kappa shape index (κ3) is 14.3. The molecule has 0 saturated heterocycles. The van der Waals surface area contributed by atoms with Crippen LogP contribution in [0.3, 0.4) is 0 Å². The summed E-state index contributed by atoms with van der Waals surface area (Å²) in [6.07, 6.45) is 20.1. The Kier molecular flexibility index (Phi) is 16.6. The van der Waals surface area contributed by atoms with E-state index in [1.165, 1.54) is 96.6 Å². The van der Waals surface area contributed by atoms with Crippen LogP contribution < -0.4 is 0 Å². The maximum absolute atomic E-state index is 3.81. The summed E-state index contributed by atoms with van der Waals surface area (Å²) >= 11 is 0. The van der Waals surface area contributed by atoms with Crippen molar-refractivity contribution in [1.82, 2.24) is 4.90 Å². The van der Waals surface area contributed by atoms with Gasteiger partial charge in [0.1, 0.15) is 0 Å². The van der Waals surface area contributed by atoms with Crippen molar-refractivity contribution in [2.24, 2.45) is 5.41 Å². The minimum Gasteiger partial charge on any atom is -0.302 e. The molecule has 148 valence electrons. The van der Waals surface area contributed by atoms with Crippen LogP contribution in [0.5, 0.6) is 0 Å². The molecule has 1 unspecified atom stereocenters. The minimum atomic E-state index is 0.240. The third-order valence-corrected chi connectivity index (χ3v) is 5.22. The fourth-order valence-corrected chi connectivity index (χ4v) is 3.93. The number of hydrogen-bond acceptors (Lipinski definition) is 1. The zero-order valence-electron chi connectivity index (χ0n) is 18.0. The first-order valence-electron chi connectivity index (χ1n) is 11.2. The Balaban J connectivity index is 3.94. The lowest BCUT2D eigenvalue weighted by Crippen LogP contribution is -2.36. The van der Waals surface area contributed by atoms with Crippen molar-refractivity contribution in [2.45, 2.75) is 111 Å². The van der Waals surface area contributed by atoms with Gasteiger partial charge in [0.15, 0.2) is 0 Å². The van der Waals surface area contributed by atoms with Crippen molar-refractivity contribution in [2.75, 3.05) is 19.6 Å². The minimum absolute atomic E-state index is 0.240. The standard InChI is InChI=1S/C24H47N/c1-6-10-11-12-13-14-15-16-17-18-22-25(21-9-4)23-24(5,19-7-2)20-8-3/h19H,2,6,8-18,20-23H2,1,3-5H3. The summed E-state index contributed by atoms with van der Waals surface area (Å²) in [6.45, 7) is 16.7. The van der Waals surface area contributed by atoms with Gasteiger partial charge in [-0.1, -0.05) is 98.5 Å². The van der Waals surface area contributed by atoms with Crippen LogP contribution >= 0.6 is 0 Å². The first-order chi connectivity index (χ1) is 12.1. The van der Waals surface area contributed by atoms with Crippen LogP contribution in [0.1, 0.15) is 111 Å². The number of hydrogen-bond donors (Lipinski definition) is 0. The van der Waals surface area contributed by atoms with Crippen LogP contribution in [-0.2, 0) is 0 Å². The fourth-order valence-electron chi connectivity index (χ4n) is 3.93. The quantitative estimate of drug-likeness (QED) is 0.180. The molecule has 0 aliphatic carbocycles. The molecule has 0 radical (unpaired) electrons. The van der Waals surface area contributed by atoms with Gasteiger partial charge in [0, 0.05) is 12.0 Å². The highest BCUT2D eigenvalue weighted by Crippen LogP contribution is 2.26. The van der Waals surface area contributed by atoms with Gasteiger partial charge in [0.2, 0.25) is 0 Å². The summed E-state index contributed by atoms with van der Waals surface area (Å²) in [7, 11) is 0. The number of unbranched alkanes of at least 4 members (excludes halogenated alkanes) is 9. The molecule has 0 rings (SSSR count). The topological polar surface area (TPSA) is 3.24 Å². The van der Waals surface area contributed by atoms with Crippen LogP contribution in [0.15, 0.2) is 18.4 Å². The summed E-state index contributed by atoms with van der Waals surface area (Å²) < 4.78 is 0. The van der Waals surface area contributed by atoms with Gasteiger partial charge >= 0.3 is 0 Å². The number of rotatable bonds is 18. The van der Waals surface area contributed by atoms with E-state index in [-0.39, 0.29) is 5.41 Å². The normalized spacial score (nSPS) is 13.6. The van der Waals surface area contributed by atoms with Gasteiger partial charge in [-0.05, 0) is 38.4 Å². The van der Waals surface area contributed by atoms with E-state index in [1.807, 2.05) is 0 Å². The average molecular weight is 350 g/mol. The Bertz CT molecular complexity index is 329. The average Bonchev–Trinajstić information content (AvgIpc) is 2.57. The lowest BCUT2D eigenvalue weighted by Gasteiger charge is -2.33. The van der Waals surface area contributed by atoms with E-state index in [0.29, 0.717) is 0 Å². The molecule has 0 aliphatic heterocycles.